The summed E-state index contributed by atoms with van der Waals surface area (Å²) in [5, 5.41) is 8.61. The van der Waals surface area contributed by atoms with Gasteiger partial charge in [0.1, 0.15) is 18.1 Å². The van der Waals surface area contributed by atoms with Crippen molar-refractivity contribution in [2.75, 3.05) is 6.61 Å². The van der Waals surface area contributed by atoms with E-state index in [1.54, 1.807) is 18.2 Å². The van der Waals surface area contributed by atoms with Gasteiger partial charge in [0, 0.05) is 18.2 Å². The second-order valence-corrected chi connectivity index (χ2v) is 3.56. The minimum Gasteiger partial charge on any atom is -0.427 e. The van der Waals surface area contributed by atoms with Gasteiger partial charge in [0.25, 0.3) is 0 Å². The van der Waals surface area contributed by atoms with E-state index in [4.69, 9.17) is 9.52 Å². The van der Waals surface area contributed by atoms with E-state index in [0.717, 1.165) is 5.69 Å². The second-order valence-electron chi connectivity index (χ2n) is 3.56. The fourth-order valence-corrected chi connectivity index (χ4v) is 1.48. The molecule has 0 aliphatic rings. The standard InChI is InChI=1S/C14H11NO3/c16-9-3-6-11-4-1-5-12(15-11)10-13-7-2-8-14(17)18-13/h1-2,4-5,7-8,16H,9-10H2. The molecule has 2 rings (SSSR count). The van der Waals surface area contributed by atoms with E-state index in [-0.39, 0.29) is 12.2 Å². The molecule has 2 aromatic heterocycles. The molecule has 4 nitrogen and oxygen atoms in total. The molecule has 0 bridgehead atoms. The van der Waals surface area contributed by atoms with Crippen LogP contribution in [0.15, 0.2) is 45.6 Å². The number of hydrogen-bond acceptors (Lipinski definition) is 4. The molecule has 2 aromatic rings. The average Bonchev–Trinajstić information content (AvgIpc) is 2.37. The summed E-state index contributed by atoms with van der Waals surface area (Å²) >= 11 is 0. The number of aliphatic hydroxyl groups is 1. The minimum absolute atomic E-state index is 0.195. The van der Waals surface area contributed by atoms with Crippen molar-refractivity contribution in [2.45, 2.75) is 6.42 Å². The van der Waals surface area contributed by atoms with Gasteiger partial charge in [-0.15, -0.1) is 0 Å². The maximum Gasteiger partial charge on any atom is 0.335 e. The summed E-state index contributed by atoms with van der Waals surface area (Å²) < 4.78 is 5.03. The molecular weight excluding hydrogens is 230 g/mol. The van der Waals surface area contributed by atoms with Crippen LogP contribution in [0.5, 0.6) is 0 Å². The molecule has 0 aliphatic heterocycles. The molecule has 0 amide bonds. The summed E-state index contributed by atoms with van der Waals surface area (Å²) in [5.41, 5.74) is 0.970. The van der Waals surface area contributed by atoms with Crippen LogP contribution in [0.4, 0.5) is 0 Å². The molecule has 0 spiro atoms. The monoisotopic (exact) mass is 241 g/mol. The van der Waals surface area contributed by atoms with Crippen LogP contribution >= 0.6 is 0 Å². The predicted molar refractivity (Wildman–Crippen MR) is 66.0 cm³/mol. The van der Waals surface area contributed by atoms with Gasteiger partial charge in [0.05, 0.1) is 0 Å². The fourth-order valence-electron chi connectivity index (χ4n) is 1.48. The number of rotatable bonds is 2. The van der Waals surface area contributed by atoms with Crippen LogP contribution < -0.4 is 5.63 Å². The fraction of sp³-hybridized carbons (Fsp3) is 0.143. The molecule has 0 aromatic carbocycles. The van der Waals surface area contributed by atoms with Gasteiger partial charge in [-0.25, -0.2) is 9.78 Å². The normalized spacial score (nSPS) is 9.61. The lowest BCUT2D eigenvalue weighted by Crippen LogP contribution is -2.00. The van der Waals surface area contributed by atoms with Gasteiger partial charge in [-0.2, -0.15) is 0 Å². The Kier molecular flexibility index (Phi) is 3.90. The number of aliphatic hydroxyl groups excluding tert-OH is 1. The van der Waals surface area contributed by atoms with Crippen LogP contribution in [-0.4, -0.2) is 16.7 Å². The zero-order valence-electron chi connectivity index (χ0n) is 9.59. The quantitative estimate of drug-likeness (QED) is 0.796. The first kappa shape index (κ1) is 12.1. The van der Waals surface area contributed by atoms with Crippen molar-refractivity contribution in [1.29, 1.82) is 0 Å². The zero-order valence-corrected chi connectivity index (χ0v) is 9.59. The molecule has 0 saturated carbocycles. The number of hydrogen-bond donors (Lipinski definition) is 1. The van der Waals surface area contributed by atoms with Crippen molar-refractivity contribution in [3.63, 3.8) is 0 Å². The van der Waals surface area contributed by atoms with Gasteiger partial charge >= 0.3 is 5.63 Å². The summed E-state index contributed by atoms with van der Waals surface area (Å²) in [4.78, 5) is 15.3. The van der Waals surface area contributed by atoms with E-state index in [9.17, 15) is 4.79 Å². The molecule has 2 heterocycles. The first-order valence-corrected chi connectivity index (χ1v) is 5.42. The number of pyridine rings is 1. The molecule has 1 N–H and O–H groups in total. The van der Waals surface area contributed by atoms with Gasteiger partial charge in [0.15, 0.2) is 0 Å². The summed E-state index contributed by atoms with van der Waals surface area (Å²) in [6.07, 6.45) is 0.435. The maximum atomic E-state index is 11.1. The van der Waals surface area contributed by atoms with Crippen molar-refractivity contribution in [3.8, 4) is 11.8 Å². The summed E-state index contributed by atoms with van der Waals surface area (Å²) in [5.74, 6) is 5.82. The Hall–Kier alpha value is -2.38. The lowest BCUT2D eigenvalue weighted by molar-refractivity contribution is 0.350. The highest BCUT2D eigenvalue weighted by Crippen LogP contribution is 2.06. The Morgan fingerprint density at radius 3 is 2.83 bits per heavy atom. The summed E-state index contributed by atoms with van der Waals surface area (Å²) in [7, 11) is 0. The molecule has 0 unspecified atom stereocenters. The molecule has 4 heteroatoms. The lowest BCUT2D eigenvalue weighted by Gasteiger charge is -2.00. The van der Waals surface area contributed by atoms with E-state index >= 15 is 0 Å². The van der Waals surface area contributed by atoms with Crippen molar-refractivity contribution in [3.05, 3.63) is 64.0 Å². The average molecular weight is 241 g/mol. The first-order valence-electron chi connectivity index (χ1n) is 5.42. The van der Waals surface area contributed by atoms with E-state index in [1.807, 2.05) is 12.1 Å². The van der Waals surface area contributed by atoms with E-state index in [0.29, 0.717) is 17.9 Å². The van der Waals surface area contributed by atoms with E-state index < -0.39 is 0 Å². The zero-order chi connectivity index (χ0) is 12.8. The molecule has 0 radical (unpaired) electrons. The number of aromatic nitrogens is 1. The first-order chi connectivity index (χ1) is 8.78. The third-order valence-corrected chi connectivity index (χ3v) is 2.20. The third-order valence-electron chi connectivity index (χ3n) is 2.20. The topological polar surface area (TPSA) is 63.3 Å². The van der Waals surface area contributed by atoms with Crippen LogP contribution in [0, 0.1) is 11.8 Å². The van der Waals surface area contributed by atoms with Crippen LogP contribution in [0.3, 0.4) is 0 Å². The molecule has 90 valence electrons. The van der Waals surface area contributed by atoms with E-state index in [2.05, 4.69) is 16.8 Å². The Labute approximate surface area is 104 Å². The molecule has 0 atom stereocenters. The predicted octanol–water partition coefficient (Wildman–Crippen LogP) is 0.969. The summed E-state index contributed by atoms with van der Waals surface area (Å²) in [6, 6.07) is 10.2. The van der Waals surface area contributed by atoms with Gasteiger partial charge in [-0.1, -0.05) is 18.1 Å². The van der Waals surface area contributed by atoms with E-state index in [1.165, 1.54) is 6.07 Å². The van der Waals surface area contributed by atoms with Gasteiger partial charge in [-0.05, 0) is 24.1 Å². The second kappa shape index (κ2) is 5.80. The molecular formula is C14H11NO3. The smallest absolute Gasteiger partial charge is 0.335 e. The maximum absolute atomic E-state index is 11.1. The third kappa shape index (κ3) is 3.30. The molecule has 0 aliphatic carbocycles. The Balaban J connectivity index is 2.22. The lowest BCUT2D eigenvalue weighted by atomic mass is 10.2. The highest BCUT2D eigenvalue weighted by Gasteiger charge is 2.01. The highest BCUT2D eigenvalue weighted by atomic mass is 16.4. The van der Waals surface area contributed by atoms with Crippen molar-refractivity contribution < 1.29 is 9.52 Å². The number of nitrogens with zero attached hydrogens (tertiary/aromatic N) is 1. The Bertz CT molecular complexity index is 650. The van der Waals surface area contributed by atoms with Crippen LogP contribution in [-0.2, 0) is 6.42 Å². The Morgan fingerprint density at radius 1 is 1.22 bits per heavy atom. The Morgan fingerprint density at radius 2 is 2.06 bits per heavy atom. The molecule has 0 saturated heterocycles. The van der Waals surface area contributed by atoms with Gasteiger partial charge in [0.2, 0.25) is 0 Å². The summed E-state index contributed by atoms with van der Waals surface area (Å²) in [6.45, 7) is -0.195. The van der Waals surface area contributed by atoms with Crippen molar-refractivity contribution in [1.82, 2.24) is 4.98 Å². The molecule has 0 fully saturated rings. The van der Waals surface area contributed by atoms with Gasteiger partial charge in [-0.3, -0.25) is 0 Å². The minimum atomic E-state index is -0.372. The SMILES string of the molecule is O=c1cccc(Cc2cccc(C#CCO)n2)o1. The highest BCUT2D eigenvalue weighted by molar-refractivity contribution is 5.29. The van der Waals surface area contributed by atoms with Crippen LogP contribution in [0.2, 0.25) is 0 Å². The van der Waals surface area contributed by atoms with Gasteiger partial charge < -0.3 is 9.52 Å². The van der Waals surface area contributed by atoms with Crippen LogP contribution in [0.25, 0.3) is 0 Å². The molecule has 18 heavy (non-hydrogen) atoms. The van der Waals surface area contributed by atoms with Crippen LogP contribution in [0.1, 0.15) is 17.1 Å². The van der Waals surface area contributed by atoms with Crippen molar-refractivity contribution in [2.24, 2.45) is 0 Å². The largest absolute Gasteiger partial charge is 0.427 e. The van der Waals surface area contributed by atoms with Crippen molar-refractivity contribution >= 4 is 0 Å².